The molecule has 1 heterocycles. The molecule has 96 valence electrons. The van der Waals surface area contributed by atoms with E-state index in [4.69, 9.17) is 5.73 Å². The summed E-state index contributed by atoms with van der Waals surface area (Å²) in [6, 6.07) is 0. The number of aromatic nitrogens is 2. The number of anilines is 2. The standard InChI is InChI=1S/C11H21N5O/c1-7(2)10-9(12)11(16(5)14-10)13-6-8(17)15(3)4/h7,13H,6,12H2,1-5H3. The Morgan fingerprint density at radius 2 is 2.12 bits per heavy atom. The van der Waals surface area contributed by atoms with Crippen molar-refractivity contribution in [1.82, 2.24) is 14.7 Å². The first kappa shape index (κ1) is 13.3. The number of carbonyl (C=O) groups is 1. The van der Waals surface area contributed by atoms with E-state index >= 15 is 0 Å². The van der Waals surface area contributed by atoms with Gasteiger partial charge in [0.05, 0.1) is 17.9 Å². The second-order valence-electron chi connectivity index (χ2n) is 4.57. The first-order valence-corrected chi connectivity index (χ1v) is 5.61. The molecule has 17 heavy (non-hydrogen) atoms. The van der Waals surface area contributed by atoms with Crippen molar-refractivity contribution in [2.24, 2.45) is 7.05 Å². The number of amides is 1. The number of nitrogens with one attached hydrogen (secondary N) is 1. The van der Waals surface area contributed by atoms with Crippen molar-refractivity contribution >= 4 is 17.4 Å². The summed E-state index contributed by atoms with van der Waals surface area (Å²) in [5.41, 5.74) is 7.47. The van der Waals surface area contributed by atoms with Gasteiger partial charge in [-0.15, -0.1) is 0 Å². The average Bonchev–Trinajstić information content (AvgIpc) is 2.51. The molecule has 0 aromatic carbocycles. The lowest BCUT2D eigenvalue weighted by molar-refractivity contribution is -0.126. The predicted octanol–water partition coefficient (Wildman–Crippen LogP) is 0.626. The molecule has 0 saturated heterocycles. The summed E-state index contributed by atoms with van der Waals surface area (Å²) in [4.78, 5) is 13.0. The van der Waals surface area contributed by atoms with Crippen LogP contribution in [0.4, 0.5) is 11.5 Å². The van der Waals surface area contributed by atoms with E-state index in [-0.39, 0.29) is 18.4 Å². The predicted molar refractivity (Wildman–Crippen MR) is 68.9 cm³/mol. The van der Waals surface area contributed by atoms with Gasteiger partial charge in [0.2, 0.25) is 5.91 Å². The van der Waals surface area contributed by atoms with Gasteiger partial charge < -0.3 is 16.0 Å². The summed E-state index contributed by atoms with van der Waals surface area (Å²) in [7, 11) is 5.25. The highest BCUT2D eigenvalue weighted by atomic mass is 16.2. The van der Waals surface area contributed by atoms with Gasteiger partial charge >= 0.3 is 0 Å². The van der Waals surface area contributed by atoms with Gasteiger partial charge in [-0.3, -0.25) is 9.48 Å². The first-order valence-electron chi connectivity index (χ1n) is 5.61. The summed E-state index contributed by atoms with van der Waals surface area (Å²) in [6.07, 6.45) is 0. The molecule has 6 nitrogen and oxygen atoms in total. The van der Waals surface area contributed by atoms with Crippen LogP contribution in [0.3, 0.4) is 0 Å². The Labute approximate surface area is 102 Å². The minimum atomic E-state index is -0.00306. The van der Waals surface area contributed by atoms with Crippen LogP contribution in [0.1, 0.15) is 25.5 Å². The number of carbonyl (C=O) groups excluding carboxylic acids is 1. The van der Waals surface area contributed by atoms with Crippen molar-refractivity contribution in [3.05, 3.63) is 5.69 Å². The zero-order valence-electron chi connectivity index (χ0n) is 11.1. The topological polar surface area (TPSA) is 76.2 Å². The lowest BCUT2D eigenvalue weighted by Crippen LogP contribution is -2.29. The fourth-order valence-corrected chi connectivity index (χ4v) is 1.51. The number of nitrogens with two attached hydrogens (primary N) is 1. The maximum absolute atomic E-state index is 11.5. The summed E-state index contributed by atoms with van der Waals surface area (Å²) >= 11 is 0. The maximum Gasteiger partial charge on any atom is 0.241 e. The van der Waals surface area contributed by atoms with Crippen LogP contribution in [-0.4, -0.2) is 41.2 Å². The number of likely N-dealkylation sites (N-methyl/N-ethyl adjacent to an activating group) is 1. The Hall–Kier alpha value is -1.72. The SMILES string of the molecule is CC(C)c1nn(C)c(NCC(=O)N(C)C)c1N. The van der Waals surface area contributed by atoms with E-state index in [1.807, 2.05) is 20.9 Å². The highest BCUT2D eigenvalue weighted by molar-refractivity contribution is 5.81. The van der Waals surface area contributed by atoms with Crippen molar-refractivity contribution in [3.63, 3.8) is 0 Å². The molecule has 0 aliphatic heterocycles. The third-order valence-corrected chi connectivity index (χ3v) is 2.57. The molecule has 0 radical (unpaired) electrons. The van der Waals surface area contributed by atoms with E-state index in [1.54, 1.807) is 18.8 Å². The normalized spacial score (nSPS) is 10.7. The molecular formula is C11H21N5O. The van der Waals surface area contributed by atoms with E-state index in [0.29, 0.717) is 11.5 Å². The highest BCUT2D eigenvalue weighted by Gasteiger charge is 2.16. The Bertz CT molecular complexity index is 408. The van der Waals surface area contributed by atoms with Crippen LogP contribution in [0, 0.1) is 0 Å². The number of hydrogen-bond acceptors (Lipinski definition) is 4. The van der Waals surface area contributed by atoms with E-state index < -0.39 is 0 Å². The van der Waals surface area contributed by atoms with Gasteiger partial charge in [-0.25, -0.2) is 0 Å². The molecule has 1 aromatic rings. The van der Waals surface area contributed by atoms with E-state index in [0.717, 1.165) is 5.69 Å². The van der Waals surface area contributed by atoms with Crippen LogP contribution < -0.4 is 11.1 Å². The minimum absolute atomic E-state index is 0.00306. The number of rotatable bonds is 4. The Morgan fingerprint density at radius 1 is 1.53 bits per heavy atom. The molecule has 0 fully saturated rings. The van der Waals surface area contributed by atoms with Crippen LogP contribution in [0.25, 0.3) is 0 Å². The molecule has 0 spiro atoms. The number of nitrogen functional groups attached to an aromatic ring is 1. The minimum Gasteiger partial charge on any atom is -0.394 e. The first-order chi connectivity index (χ1) is 7.84. The summed E-state index contributed by atoms with van der Waals surface area (Å²) in [5.74, 6) is 0.960. The molecule has 6 heteroatoms. The molecule has 0 aliphatic carbocycles. The average molecular weight is 239 g/mol. The number of hydrogen-bond donors (Lipinski definition) is 2. The van der Waals surface area contributed by atoms with Gasteiger partial charge in [0.1, 0.15) is 5.82 Å². The van der Waals surface area contributed by atoms with Crippen molar-refractivity contribution in [3.8, 4) is 0 Å². The van der Waals surface area contributed by atoms with Gasteiger partial charge in [-0.1, -0.05) is 13.8 Å². The van der Waals surface area contributed by atoms with Crippen molar-refractivity contribution < 1.29 is 4.79 Å². The molecule has 1 amide bonds. The number of nitrogens with zero attached hydrogens (tertiary/aromatic N) is 3. The van der Waals surface area contributed by atoms with Crippen LogP contribution in [0.5, 0.6) is 0 Å². The lowest BCUT2D eigenvalue weighted by Gasteiger charge is -2.12. The second kappa shape index (κ2) is 5.07. The smallest absolute Gasteiger partial charge is 0.241 e. The highest BCUT2D eigenvalue weighted by Crippen LogP contribution is 2.27. The Balaban J connectivity index is 2.82. The Morgan fingerprint density at radius 3 is 2.53 bits per heavy atom. The van der Waals surface area contributed by atoms with Crippen LogP contribution in [-0.2, 0) is 11.8 Å². The number of aryl methyl sites for hydroxylation is 1. The molecule has 1 aromatic heterocycles. The third-order valence-electron chi connectivity index (χ3n) is 2.57. The van der Waals surface area contributed by atoms with Crippen LogP contribution in [0.15, 0.2) is 0 Å². The van der Waals surface area contributed by atoms with E-state index in [9.17, 15) is 4.79 Å². The molecular weight excluding hydrogens is 218 g/mol. The quantitative estimate of drug-likeness (QED) is 0.808. The Kier molecular flexibility index (Phi) is 3.98. The van der Waals surface area contributed by atoms with Crippen molar-refractivity contribution in [2.45, 2.75) is 19.8 Å². The van der Waals surface area contributed by atoms with E-state index in [2.05, 4.69) is 10.4 Å². The summed E-state index contributed by atoms with van der Waals surface area (Å²) < 4.78 is 1.67. The van der Waals surface area contributed by atoms with Crippen molar-refractivity contribution in [1.29, 1.82) is 0 Å². The monoisotopic (exact) mass is 239 g/mol. The van der Waals surface area contributed by atoms with Crippen LogP contribution >= 0.6 is 0 Å². The fraction of sp³-hybridized carbons (Fsp3) is 0.636. The second-order valence-corrected chi connectivity index (χ2v) is 4.57. The molecule has 0 bridgehead atoms. The third kappa shape index (κ3) is 2.89. The lowest BCUT2D eigenvalue weighted by atomic mass is 10.1. The molecule has 0 aliphatic rings. The van der Waals surface area contributed by atoms with Gasteiger partial charge in [-0.2, -0.15) is 5.10 Å². The summed E-state index contributed by atoms with van der Waals surface area (Å²) in [6.45, 7) is 4.29. The fourth-order valence-electron chi connectivity index (χ4n) is 1.51. The molecule has 1 rings (SSSR count). The molecule has 0 unspecified atom stereocenters. The molecule has 3 N–H and O–H groups in total. The van der Waals surface area contributed by atoms with E-state index in [1.165, 1.54) is 4.90 Å². The van der Waals surface area contributed by atoms with Gasteiger partial charge in [0.25, 0.3) is 0 Å². The zero-order chi connectivity index (χ0) is 13.2. The van der Waals surface area contributed by atoms with Crippen LogP contribution in [0.2, 0.25) is 0 Å². The molecule has 0 atom stereocenters. The van der Waals surface area contributed by atoms with Gasteiger partial charge in [0, 0.05) is 21.1 Å². The molecule has 0 saturated carbocycles. The van der Waals surface area contributed by atoms with Gasteiger partial charge in [-0.05, 0) is 5.92 Å². The van der Waals surface area contributed by atoms with Gasteiger partial charge in [0.15, 0.2) is 0 Å². The summed E-state index contributed by atoms with van der Waals surface area (Å²) in [5, 5.41) is 7.36. The largest absolute Gasteiger partial charge is 0.394 e. The van der Waals surface area contributed by atoms with Crippen molar-refractivity contribution in [2.75, 3.05) is 31.7 Å². The zero-order valence-corrected chi connectivity index (χ0v) is 11.1. The maximum atomic E-state index is 11.5.